The lowest BCUT2D eigenvalue weighted by molar-refractivity contribution is 0.112. The number of aldehydes is 1. The first-order valence-corrected chi connectivity index (χ1v) is 8.80. The van der Waals surface area contributed by atoms with Gasteiger partial charge in [-0.05, 0) is 66.5 Å². The second-order valence-corrected chi connectivity index (χ2v) is 8.10. The summed E-state index contributed by atoms with van der Waals surface area (Å²) in [6.45, 7) is 7.55. The Balaban J connectivity index is 1.85. The van der Waals surface area contributed by atoms with Crippen LogP contribution in [0.2, 0.25) is 0 Å². The summed E-state index contributed by atoms with van der Waals surface area (Å²) in [7, 11) is 0. The van der Waals surface area contributed by atoms with E-state index < -0.39 is 0 Å². The molecule has 2 aromatic rings. The van der Waals surface area contributed by atoms with Crippen molar-refractivity contribution in [3.8, 4) is 5.75 Å². The van der Waals surface area contributed by atoms with Gasteiger partial charge >= 0.3 is 0 Å². The van der Waals surface area contributed by atoms with Crippen LogP contribution in [0.5, 0.6) is 5.75 Å². The number of carbonyl (C=O) groups is 1. The van der Waals surface area contributed by atoms with E-state index in [-0.39, 0.29) is 10.8 Å². The van der Waals surface area contributed by atoms with Gasteiger partial charge in [-0.3, -0.25) is 4.79 Å². The number of aryl methyl sites for hydroxylation is 1. The fourth-order valence-corrected chi connectivity index (χ4v) is 4.34. The largest absolute Gasteiger partial charge is 0.492 e. The summed E-state index contributed by atoms with van der Waals surface area (Å²) in [5.74, 6) is 0.903. The van der Waals surface area contributed by atoms with Gasteiger partial charge in [-0.2, -0.15) is 0 Å². The van der Waals surface area contributed by atoms with E-state index in [9.17, 15) is 4.79 Å². The molecule has 2 heteroatoms. The van der Waals surface area contributed by atoms with Gasteiger partial charge in [-0.15, -0.1) is 0 Å². The normalized spacial score (nSPS) is 24.0. The number of fused-ring (bicyclic) bond motifs is 2. The first kappa shape index (κ1) is 15.4. The van der Waals surface area contributed by atoms with E-state index >= 15 is 0 Å². The third-order valence-electron chi connectivity index (χ3n) is 5.97. The van der Waals surface area contributed by atoms with Gasteiger partial charge in [0, 0.05) is 11.1 Å². The van der Waals surface area contributed by atoms with E-state index in [0.29, 0.717) is 12.2 Å². The molecule has 2 nitrogen and oxygen atoms in total. The number of ether oxygens (including phenoxy) is 1. The quantitative estimate of drug-likeness (QED) is 0.742. The lowest BCUT2D eigenvalue weighted by atomic mass is 9.69. The summed E-state index contributed by atoms with van der Waals surface area (Å²) in [4.78, 5) is 11.2. The molecule has 1 atom stereocenters. The average molecular weight is 320 g/mol. The number of hydrogen-bond donors (Lipinski definition) is 0. The number of rotatable bonds is 2. The van der Waals surface area contributed by atoms with Crippen molar-refractivity contribution in [3.63, 3.8) is 0 Å². The standard InChI is InChI=1S/C22H24O2/c1-21(2)10-4-5-16-7-8-17(12-18(16)21)22(3)14-24-20-9-6-15(13-23)11-19(20)22/h6-9,11-13H,4-5,10,14H2,1-3H3. The maximum Gasteiger partial charge on any atom is 0.150 e. The molecule has 0 saturated heterocycles. The molecule has 1 aliphatic heterocycles. The molecule has 4 rings (SSSR count). The molecule has 2 aromatic carbocycles. The van der Waals surface area contributed by atoms with Crippen LogP contribution in [0.15, 0.2) is 36.4 Å². The molecule has 0 aromatic heterocycles. The fraction of sp³-hybridized carbons (Fsp3) is 0.409. The molecule has 0 spiro atoms. The highest BCUT2D eigenvalue weighted by molar-refractivity contribution is 5.76. The zero-order chi connectivity index (χ0) is 16.9. The highest BCUT2D eigenvalue weighted by atomic mass is 16.5. The minimum atomic E-state index is -0.198. The zero-order valence-electron chi connectivity index (χ0n) is 14.7. The van der Waals surface area contributed by atoms with Crippen LogP contribution >= 0.6 is 0 Å². The van der Waals surface area contributed by atoms with Gasteiger partial charge in [-0.25, -0.2) is 0 Å². The first-order valence-electron chi connectivity index (χ1n) is 8.80. The van der Waals surface area contributed by atoms with E-state index in [1.165, 1.54) is 36.0 Å². The Kier molecular flexibility index (Phi) is 3.35. The van der Waals surface area contributed by atoms with Crippen molar-refractivity contribution in [2.24, 2.45) is 0 Å². The highest BCUT2D eigenvalue weighted by Gasteiger charge is 2.39. The molecule has 0 radical (unpaired) electrons. The van der Waals surface area contributed by atoms with Crippen molar-refractivity contribution >= 4 is 6.29 Å². The number of carbonyl (C=O) groups excluding carboxylic acids is 1. The second-order valence-electron chi connectivity index (χ2n) is 8.10. The van der Waals surface area contributed by atoms with Crippen LogP contribution in [0.4, 0.5) is 0 Å². The van der Waals surface area contributed by atoms with E-state index in [1.807, 2.05) is 18.2 Å². The predicted octanol–water partition coefficient (Wildman–Crippen LogP) is 4.81. The van der Waals surface area contributed by atoms with Gasteiger partial charge in [0.05, 0.1) is 5.41 Å². The summed E-state index contributed by atoms with van der Waals surface area (Å²) >= 11 is 0. The highest BCUT2D eigenvalue weighted by Crippen LogP contribution is 2.46. The molecule has 1 heterocycles. The van der Waals surface area contributed by atoms with Crippen molar-refractivity contribution in [1.82, 2.24) is 0 Å². The van der Waals surface area contributed by atoms with E-state index in [2.05, 4.69) is 39.0 Å². The lowest BCUT2D eigenvalue weighted by Gasteiger charge is -2.34. The van der Waals surface area contributed by atoms with Crippen LogP contribution in [0.25, 0.3) is 0 Å². The van der Waals surface area contributed by atoms with Crippen LogP contribution in [0, 0.1) is 0 Å². The zero-order valence-corrected chi connectivity index (χ0v) is 14.7. The number of benzene rings is 2. The van der Waals surface area contributed by atoms with Gasteiger partial charge in [0.15, 0.2) is 0 Å². The second kappa shape index (κ2) is 5.20. The van der Waals surface area contributed by atoms with Gasteiger partial charge < -0.3 is 4.74 Å². The summed E-state index contributed by atoms with van der Waals surface area (Å²) in [6.07, 6.45) is 4.60. The van der Waals surface area contributed by atoms with Gasteiger partial charge in [-0.1, -0.05) is 32.0 Å². The van der Waals surface area contributed by atoms with Crippen LogP contribution in [-0.4, -0.2) is 12.9 Å². The molecule has 0 N–H and O–H groups in total. The minimum absolute atomic E-state index is 0.198. The maximum atomic E-state index is 11.2. The predicted molar refractivity (Wildman–Crippen MR) is 96.2 cm³/mol. The molecule has 0 saturated carbocycles. The van der Waals surface area contributed by atoms with Crippen molar-refractivity contribution in [2.45, 2.75) is 50.9 Å². The lowest BCUT2D eigenvalue weighted by Crippen LogP contribution is -2.29. The Hall–Kier alpha value is -2.09. The Morgan fingerprint density at radius 1 is 1.04 bits per heavy atom. The molecule has 0 fully saturated rings. The molecular weight excluding hydrogens is 296 g/mol. The Bertz CT molecular complexity index is 819. The summed E-state index contributed by atoms with van der Waals surface area (Å²) < 4.78 is 5.95. The molecule has 124 valence electrons. The minimum Gasteiger partial charge on any atom is -0.492 e. The third kappa shape index (κ3) is 2.20. The maximum absolute atomic E-state index is 11.2. The topological polar surface area (TPSA) is 26.3 Å². The third-order valence-corrected chi connectivity index (χ3v) is 5.97. The van der Waals surface area contributed by atoms with Crippen LogP contribution in [0.1, 0.15) is 66.2 Å². The van der Waals surface area contributed by atoms with Gasteiger partial charge in [0.2, 0.25) is 0 Å². The number of hydrogen-bond acceptors (Lipinski definition) is 2. The SMILES string of the molecule is CC1(C)CCCc2ccc(C3(C)COc4ccc(C=O)cc43)cc21. The molecule has 0 amide bonds. The average Bonchev–Trinajstić information content (AvgIpc) is 2.92. The fourth-order valence-electron chi connectivity index (χ4n) is 4.34. The molecule has 1 unspecified atom stereocenters. The van der Waals surface area contributed by atoms with Crippen molar-refractivity contribution in [2.75, 3.05) is 6.61 Å². The molecule has 1 aliphatic carbocycles. The van der Waals surface area contributed by atoms with Crippen LogP contribution in [-0.2, 0) is 17.3 Å². The summed E-state index contributed by atoms with van der Waals surface area (Å²) in [5.41, 5.74) is 6.12. The monoisotopic (exact) mass is 320 g/mol. The Labute approximate surface area is 143 Å². The first-order chi connectivity index (χ1) is 11.4. The molecule has 0 bridgehead atoms. The summed E-state index contributed by atoms with van der Waals surface area (Å²) in [5, 5.41) is 0. The Morgan fingerprint density at radius 3 is 2.67 bits per heavy atom. The van der Waals surface area contributed by atoms with E-state index in [0.717, 1.165) is 17.6 Å². The molecule has 2 aliphatic rings. The van der Waals surface area contributed by atoms with Crippen molar-refractivity contribution < 1.29 is 9.53 Å². The molecule has 24 heavy (non-hydrogen) atoms. The van der Waals surface area contributed by atoms with E-state index in [4.69, 9.17) is 4.74 Å². The van der Waals surface area contributed by atoms with Crippen molar-refractivity contribution in [1.29, 1.82) is 0 Å². The van der Waals surface area contributed by atoms with Gasteiger partial charge in [0.25, 0.3) is 0 Å². The summed E-state index contributed by atoms with van der Waals surface area (Å²) in [6, 6.07) is 12.7. The van der Waals surface area contributed by atoms with E-state index in [1.54, 1.807) is 0 Å². The molecular formula is C22H24O2. The Morgan fingerprint density at radius 2 is 1.88 bits per heavy atom. The van der Waals surface area contributed by atoms with Crippen LogP contribution in [0.3, 0.4) is 0 Å². The smallest absolute Gasteiger partial charge is 0.150 e. The van der Waals surface area contributed by atoms with Crippen molar-refractivity contribution in [3.05, 3.63) is 64.2 Å². The van der Waals surface area contributed by atoms with Crippen LogP contribution < -0.4 is 4.74 Å². The van der Waals surface area contributed by atoms with Gasteiger partial charge in [0.1, 0.15) is 18.6 Å².